The lowest BCUT2D eigenvalue weighted by molar-refractivity contribution is -0.279. The Balaban J connectivity index is 1.25. The number of aryl methyl sites for hydroxylation is 1. The second-order valence-corrected chi connectivity index (χ2v) is 12.8. The number of aliphatic hydroxyl groups is 3. The number of aliphatic hydroxyl groups excluding tert-OH is 3. The number of aromatic nitrogens is 1. The highest BCUT2D eigenvalue weighted by Crippen LogP contribution is 2.53. The predicted molar refractivity (Wildman–Crippen MR) is 174 cm³/mol. The number of hydrogen-bond donors (Lipinski definition) is 4. The molecule has 4 N–H and O–H groups in total. The van der Waals surface area contributed by atoms with Gasteiger partial charge in [0.05, 0.1) is 18.8 Å². The van der Waals surface area contributed by atoms with Crippen molar-refractivity contribution in [1.82, 2.24) is 9.88 Å². The molecule has 48 heavy (non-hydrogen) atoms. The number of hydrogen-bond acceptors (Lipinski definition) is 11. The number of benzene rings is 2. The Morgan fingerprint density at radius 1 is 1.15 bits per heavy atom. The fourth-order valence-corrected chi connectivity index (χ4v) is 7.76. The highest BCUT2D eigenvalue weighted by Gasteiger charge is 2.53. The Hall–Kier alpha value is -3.78. The summed E-state index contributed by atoms with van der Waals surface area (Å²) in [6.45, 7) is 8.69. The highest BCUT2D eigenvalue weighted by molar-refractivity contribution is 5.90. The number of nitrogens with one attached hydrogen (secondary N) is 1. The summed E-state index contributed by atoms with van der Waals surface area (Å²) in [7, 11) is 1.70. The number of carbonyl (C=O) groups excluding carboxylic acids is 2. The number of H-pyrrole nitrogens is 1. The minimum atomic E-state index is -1.81. The summed E-state index contributed by atoms with van der Waals surface area (Å²) in [4.78, 5) is 31.6. The average Bonchev–Trinajstić information content (AvgIpc) is 3.66. The van der Waals surface area contributed by atoms with Gasteiger partial charge in [0.25, 0.3) is 0 Å². The van der Waals surface area contributed by atoms with Crippen LogP contribution in [0.2, 0.25) is 0 Å². The third-order valence-corrected chi connectivity index (χ3v) is 10.1. The SMILES string of the molecule is C=CCOC(=O)[C@H]1OC(OC(=O)c2ccc([C@]34CC[C@H](C[C@H](OCC)C3)N4Cc3c(OC)cc(C)c4[nH]ccc34)cc2)[C@@H](O)[C@@H](O)[C@@H]1O. The van der Waals surface area contributed by atoms with Crippen molar-refractivity contribution < 1.29 is 48.6 Å². The second kappa shape index (κ2) is 14.0. The van der Waals surface area contributed by atoms with E-state index >= 15 is 0 Å². The topological polar surface area (TPSA) is 160 Å². The molecule has 3 aliphatic heterocycles. The Bertz CT molecular complexity index is 1640. The van der Waals surface area contributed by atoms with Crippen LogP contribution in [0.3, 0.4) is 0 Å². The molecule has 6 rings (SSSR count). The molecule has 4 heterocycles. The van der Waals surface area contributed by atoms with Gasteiger partial charge in [-0.3, -0.25) is 4.90 Å². The number of rotatable bonds is 11. The zero-order chi connectivity index (χ0) is 34.2. The van der Waals surface area contributed by atoms with Gasteiger partial charge in [-0.2, -0.15) is 0 Å². The van der Waals surface area contributed by atoms with E-state index in [1.807, 2.05) is 25.3 Å². The van der Waals surface area contributed by atoms with Gasteiger partial charge in [-0.05, 0) is 74.9 Å². The van der Waals surface area contributed by atoms with Gasteiger partial charge < -0.3 is 44.0 Å². The maximum absolute atomic E-state index is 13.2. The Morgan fingerprint density at radius 3 is 2.62 bits per heavy atom. The number of ether oxygens (including phenoxy) is 5. The molecule has 258 valence electrons. The van der Waals surface area contributed by atoms with Crippen LogP contribution >= 0.6 is 0 Å². The van der Waals surface area contributed by atoms with Crippen molar-refractivity contribution in [3.63, 3.8) is 0 Å². The van der Waals surface area contributed by atoms with Gasteiger partial charge in [-0.25, -0.2) is 9.59 Å². The molecular weight excluding hydrogens is 620 g/mol. The molecule has 3 fully saturated rings. The van der Waals surface area contributed by atoms with Crippen molar-refractivity contribution in [3.05, 3.63) is 77.5 Å². The summed E-state index contributed by atoms with van der Waals surface area (Å²) < 4.78 is 27.8. The number of carbonyl (C=O) groups is 2. The van der Waals surface area contributed by atoms with Gasteiger partial charge >= 0.3 is 11.9 Å². The van der Waals surface area contributed by atoms with Crippen molar-refractivity contribution >= 4 is 22.8 Å². The summed E-state index contributed by atoms with van der Waals surface area (Å²) in [6, 6.07) is 11.6. The second-order valence-electron chi connectivity index (χ2n) is 12.8. The van der Waals surface area contributed by atoms with Crippen LogP contribution < -0.4 is 4.74 Å². The molecule has 1 aromatic heterocycles. The summed E-state index contributed by atoms with van der Waals surface area (Å²) in [5, 5.41) is 32.2. The van der Waals surface area contributed by atoms with Gasteiger partial charge in [-0.15, -0.1) is 0 Å². The molecule has 2 bridgehead atoms. The Morgan fingerprint density at radius 2 is 1.92 bits per heavy atom. The Kier molecular flexibility index (Phi) is 9.93. The van der Waals surface area contributed by atoms with Crippen LogP contribution in [0.25, 0.3) is 10.9 Å². The van der Waals surface area contributed by atoms with Gasteiger partial charge in [0.15, 0.2) is 6.10 Å². The standard InChI is InChI=1S/C36H44N2O10/c1-5-15-46-34(43)32-30(40)29(39)31(41)35(47-32)48-33(42)21-7-9-22(10-8-21)36-13-11-23(17-24(18-36)45-6-2)38(36)19-26-25-12-14-37-28(25)20(3)16-27(26)44-4/h5,7-10,12,14,16,23-24,29-32,35,37,39-41H,1,6,11,13,15,17-19H2,2-4H3/t23-,24+,29+,30+,31+,32+,35?,36+/m1/s1. The summed E-state index contributed by atoms with van der Waals surface area (Å²) in [5.74, 6) is -0.975. The zero-order valence-corrected chi connectivity index (χ0v) is 27.5. The number of esters is 2. The summed E-state index contributed by atoms with van der Waals surface area (Å²) in [5.41, 5.74) is 4.20. The van der Waals surface area contributed by atoms with Crippen molar-refractivity contribution in [2.75, 3.05) is 20.3 Å². The third-order valence-electron chi connectivity index (χ3n) is 10.1. The first kappa shape index (κ1) is 34.1. The maximum atomic E-state index is 13.2. The van der Waals surface area contributed by atoms with E-state index in [1.165, 1.54) is 6.08 Å². The average molecular weight is 665 g/mol. The van der Waals surface area contributed by atoms with Crippen LogP contribution in [-0.2, 0) is 35.8 Å². The first-order chi connectivity index (χ1) is 23.1. The molecule has 12 heteroatoms. The molecule has 0 radical (unpaired) electrons. The lowest BCUT2D eigenvalue weighted by Crippen LogP contribution is -2.60. The van der Waals surface area contributed by atoms with Gasteiger partial charge in [0.2, 0.25) is 6.29 Å². The fraction of sp³-hybridized carbons (Fsp3) is 0.500. The quantitative estimate of drug-likeness (QED) is 0.176. The highest BCUT2D eigenvalue weighted by atomic mass is 16.7. The van der Waals surface area contributed by atoms with Gasteiger partial charge in [0, 0.05) is 47.4 Å². The summed E-state index contributed by atoms with van der Waals surface area (Å²) >= 11 is 0. The number of aromatic amines is 1. The first-order valence-corrected chi connectivity index (χ1v) is 16.4. The normalized spacial score (nSPS) is 30.2. The molecule has 3 saturated heterocycles. The van der Waals surface area contributed by atoms with E-state index in [9.17, 15) is 24.9 Å². The van der Waals surface area contributed by atoms with E-state index in [1.54, 1.807) is 19.2 Å². The maximum Gasteiger partial charge on any atom is 0.340 e. The molecule has 8 atom stereocenters. The van der Waals surface area contributed by atoms with Crippen LogP contribution in [0, 0.1) is 6.92 Å². The van der Waals surface area contributed by atoms with Crippen LogP contribution in [-0.4, -0.2) is 100 Å². The van der Waals surface area contributed by atoms with Crippen molar-refractivity contribution in [1.29, 1.82) is 0 Å². The van der Waals surface area contributed by atoms with E-state index in [4.69, 9.17) is 23.7 Å². The lowest BCUT2D eigenvalue weighted by atomic mass is 9.79. The minimum Gasteiger partial charge on any atom is -0.496 e. The van der Waals surface area contributed by atoms with E-state index in [0.717, 1.165) is 59.0 Å². The smallest absolute Gasteiger partial charge is 0.340 e. The number of methoxy groups -OCH3 is 1. The number of fused-ring (bicyclic) bond motifs is 3. The largest absolute Gasteiger partial charge is 0.496 e. The van der Waals surface area contributed by atoms with Crippen molar-refractivity contribution in [2.24, 2.45) is 0 Å². The van der Waals surface area contributed by atoms with E-state index in [-0.39, 0.29) is 29.9 Å². The summed E-state index contributed by atoms with van der Waals surface area (Å²) in [6.07, 6.45) is -1.78. The third kappa shape index (κ3) is 6.13. The molecule has 0 aliphatic carbocycles. The van der Waals surface area contributed by atoms with Gasteiger partial charge in [-0.1, -0.05) is 24.8 Å². The fourth-order valence-electron chi connectivity index (χ4n) is 7.76. The van der Waals surface area contributed by atoms with Crippen molar-refractivity contribution in [3.8, 4) is 5.75 Å². The zero-order valence-electron chi connectivity index (χ0n) is 27.5. The van der Waals surface area contributed by atoms with E-state index in [2.05, 4.69) is 35.5 Å². The molecular formula is C36H44N2O10. The molecule has 1 unspecified atom stereocenters. The molecule has 0 spiro atoms. The van der Waals surface area contributed by atoms with E-state index < -0.39 is 42.6 Å². The molecule has 3 aromatic rings. The predicted octanol–water partition coefficient (Wildman–Crippen LogP) is 3.24. The minimum absolute atomic E-state index is 0.0911. The molecule has 3 aliphatic rings. The van der Waals surface area contributed by atoms with E-state index in [0.29, 0.717) is 13.2 Å². The van der Waals surface area contributed by atoms with Crippen molar-refractivity contribution in [2.45, 2.75) is 94.5 Å². The monoisotopic (exact) mass is 664 g/mol. The lowest BCUT2D eigenvalue weighted by Gasteiger charge is -2.48. The Labute approximate surface area is 279 Å². The molecule has 2 aromatic carbocycles. The molecule has 12 nitrogen and oxygen atoms in total. The van der Waals surface area contributed by atoms with Crippen LogP contribution in [0.4, 0.5) is 0 Å². The molecule has 0 saturated carbocycles. The number of piperidine rings is 1. The van der Waals surface area contributed by atoms with Crippen LogP contribution in [0.5, 0.6) is 5.75 Å². The first-order valence-electron chi connectivity index (χ1n) is 16.4. The van der Waals surface area contributed by atoms with Gasteiger partial charge in [0.1, 0.15) is 30.7 Å². The number of nitrogens with zero attached hydrogens (tertiary/aromatic N) is 1. The van der Waals surface area contributed by atoms with Crippen LogP contribution in [0.1, 0.15) is 59.7 Å². The molecule has 0 amide bonds. The van der Waals surface area contributed by atoms with Crippen LogP contribution in [0.15, 0.2) is 55.3 Å².